The van der Waals surface area contributed by atoms with Crippen LogP contribution in [0.2, 0.25) is 0 Å². The lowest BCUT2D eigenvalue weighted by atomic mass is 10.1. The van der Waals surface area contributed by atoms with Gasteiger partial charge < -0.3 is 9.14 Å². The van der Waals surface area contributed by atoms with Gasteiger partial charge in [-0.15, -0.1) is 0 Å². The van der Waals surface area contributed by atoms with Crippen molar-refractivity contribution in [3.8, 4) is 0 Å². The topological polar surface area (TPSA) is 81.0 Å². The summed E-state index contributed by atoms with van der Waals surface area (Å²) in [5, 5.41) is 0. The van der Waals surface area contributed by atoms with Crippen LogP contribution in [0.25, 0.3) is 5.65 Å². The highest BCUT2D eigenvalue weighted by Crippen LogP contribution is 2.21. The van der Waals surface area contributed by atoms with E-state index in [9.17, 15) is 13.2 Å². The van der Waals surface area contributed by atoms with Gasteiger partial charge >= 0.3 is 5.97 Å². The first-order valence-electron chi connectivity index (χ1n) is 10.6. The van der Waals surface area contributed by atoms with Crippen LogP contribution in [-0.2, 0) is 32.6 Å². The van der Waals surface area contributed by atoms with Crippen LogP contribution >= 0.6 is 0 Å². The summed E-state index contributed by atoms with van der Waals surface area (Å²) in [6.45, 7) is 3.29. The molecule has 2 aromatic heterocycles. The van der Waals surface area contributed by atoms with Crippen LogP contribution in [0.1, 0.15) is 42.5 Å². The number of piperidine rings is 1. The maximum absolute atomic E-state index is 12.7. The van der Waals surface area contributed by atoms with Crippen molar-refractivity contribution in [2.24, 2.45) is 0 Å². The first kappa shape index (κ1) is 21.5. The lowest BCUT2D eigenvalue weighted by molar-refractivity contribution is -0.145. The molecular weight excluding hydrogens is 414 g/mol. The number of carbonyl (C=O) groups excluding carboxylic acids is 1. The highest BCUT2D eigenvalue weighted by Gasteiger charge is 2.25. The Labute approximate surface area is 182 Å². The standard InChI is InChI=1S/C23H27N3O4S/c1-18-6-5-13-25-16-20(24-23(18)25)17-30-22(27)12-9-19-7-10-21(11-8-19)31(28,29)26-14-3-2-4-15-26/h5-8,10-11,13,16H,2-4,9,12,14-15,17H2,1H3. The summed E-state index contributed by atoms with van der Waals surface area (Å²) in [5.74, 6) is -0.307. The Morgan fingerprint density at radius 2 is 1.84 bits per heavy atom. The number of aryl methyl sites for hydroxylation is 2. The predicted octanol–water partition coefficient (Wildman–Crippen LogP) is 3.49. The SMILES string of the molecule is Cc1cccn2cc(COC(=O)CCc3ccc(S(=O)(=O)N4CCCCC4)cc3)nc12. The molecule has 0 saturated carbocycles. The van der Waals surface area contributed by atoms with Gasteiger partial charge in [0.2, 0.25) is 10.0 Å². The second-order valence-electron chi connectivity index (χ2n) is 7.92. The Balaban J connectivity index is 1.29. The number of pyridine rings is 1. The fourth-order valence-electron chi connectivity index (χ4n) is 3.83. The number of benzene rings is 1. The normalized spacial score (nSPS) is 15.3. The Kier molecular flexibility index (Phi) is 6.38. The van der Waals surface area contributed by atoms with Crippen molar-refractivity contribution in [1.82, 2.24) is 13.7 Å². The molecule has 4 rings (SSSR count). The van der Waals surface area contributed by atoms with Gasteiger partial charge in [-0.05, 0) is 55.5 Å². The van der Waals surface area contributed by atoms with Crippen LogP contribution in [0, 0.1) is 6.92 Å². The number of fused-ring (bicyclic) bond motifs is 1. The molecule has 1 aromatic carbocycles. The van der Waals surface area contributed by atoms with E-state index in [1.165, 1.54) is 0 Å². The van der Waals surface area contributed by atoms with Gasteiger partial charge in [0.05, 0.1) is 10.6 Å². The number of nitrogens with zero attached hydrogens (tertiary/aromatic N) is 3. The molecule has 0 bridgehead atoms. The number of ether oxygens (including phenoxy) is 1. The number of hydrogen-bond acceptors (Lipinski definition) is 5. The minimum Gasteiger partial charge on any atom is -0.459 e. The number of rotatable bonds is 7. The molecule has 0 N–H and O–H groups in total. The largest absolute Gasteiger partial charge is 0.459 e. The van der Waals surface area contributed by atoms with E-state index in [4.69, 9.17) is 4.74 Å². The molecule has 0 atom stereocenters. The molecule has 1 saturated heterocycles. The van der Waals surface area contributed by atoms with Crippen molar-refractivity contribution in [2.75, 3.05) is 13.1 Å². The molecule has 0 aliphatic carbocycles. The highest BCUT2D eigenvalue weighted by molar-refractivity contribution is 7.89. The van der Waals surface area contributed by atoms with Crippen molar-refractivity contribution < 1.29 is 17.9 Å². The number of sulfonamides is 1. The molecule has 31 heavy (non-hydrogen) atoms. The number of carbonyl (C=O) groups is 1. The summed E-state index contributed by atoms with van der Waals surface area (Å²) in [5.41, 5.74) is 3.52. The van der Waals surface area contributed by atoms with Gasteiger partial charge in [-0.1, -0.05) is 24.6 Å². The van der Waals surface area contributed by atoms with Crippen molar-refractivity contribution in [2.45, 2.75) is 50.5 Å². The third-order valence-electron chi connectivity index (χ3n) is 5.60. The summed E-state index contributed by atoms with van der Waals surface area (Å²) < 4.78 is 34.3. The third-order valence-corrected chi connectivity index (χ3v) is 7.52. The Hall–Kier alpha value is -2.71. The van der Waals surface area contributed by atoms with Crippen LogP contribution in [0.5, 0.6) is 0 Å². The maximum atomic E-state index is 12.7. The third kappa shape index (κ3) is 4.97. The van der Waals surface area contributed by atoms with E-state index in [1.807, 2.05) is 35.9 Å². The molecular formula is C23H27N3O4S. The monoisotopic (exact) mass is 441 g/mol. The van der Waals surface area contributed by atoms with Crippen LogP contribution < -0.4 is 0 Å². The number of aromatic nitrogens is 2. The fourth-order valence-corrected chi connectivity index (χ4v) is 5.35. The molecule has 0 radical (unpaired) electrons. The molecule has 7 nitrogen and oxygen atoms in total. The average Bonchev–Trinajstić information content (AvgIpc) is 3.22. The Morgan fingerprint density at radius 3 is 2.55 bits per heavy atom. The number of esters is 1. The molecule has 164 valence electrons. The lowest BCUT2D eigenvalue weighted by Gasteiger charge is -2.25. The summed E-state index contributed by atoms with van der Waals surface area (Å²) >= 11 is 0. The Bertz CT molecular complexity index is 1160. The van der Waals surface area contributed by atoms with E-state index in [-0.39, 0.29) is 19.0 Å². The van der Waals surface area contributed by atoms with E-state index < -0.39 is 10.0 Å². The second-order valence-corrected chi connectivity index (χ2v) is 9.86. The van der Waals surface area contributed by atoms with E-state index >= 15 is 0 Å². The first-order chi connectivity index (χ1) is 14.9. The molecule has 1 aliphatic heterocycles. The van der Waals surface area contributed by atoms with Crippen molar-refractivity contribution in [1.29, 1.82) is 0 Å². The molecule has 3 aromatic rings. The lowest BCUT2D eigenvalue weighted by Crippen LogP contribution is -2.35. The summed E-state index contributed by atoms with van der Waals surface area (Å²) in [4.78, 5) is 17.0. The van der Waals surface area contributed by atoms with Gasteiger partial charge in [0.1, 0.15) is 12.3 Å². The Morgan fingerprint density at radius 1 is 1.10 bits per heavy atom. The van der Waals surface area contributed by atoms with Crippen LogP contribution in [0.15, 0.2) is 53.7 Å². The molecule has 8 heteroatoms. The van der Waals surface area contributed by atoms with Crippen molar-refractivity contribution >= 4 is 21.6 Å². The highest BCUT2D eigenvalue weighted by atomic mass is 32.2. The molecule has 0 amide bonds. The van der Waals surface area contributed by atoms with E-state index in [0.717, 1.165) is 36.0 Å². The minimum absolute atomic E-state index is 0.132. The van der Waals surface area contributed by atoms with Gasteiger partial charge in [-0.25, -0.2) is 13.4 Å². The summed E-state index contributed by atoms with van der Waals surface area (Å²) in [7, 11) is -3.43. The quantitative estimate of drug-likeness (QED) is 0.524. The predicted molar refractivity (Wildman–Crippen MR) is 117 cm³/mol. The van der Waals surface area contributed by atoms with Crippen LogP contribution in [-0.4, -0.2) is 41.2 Å². The molecule has 1 aliphatic rings. The smallest absolute Gasteiger partial charge is 0.306 e. The zero-order valence-electron chi connectivity index (χ0n) is 17.7. The zero-order chi connectivity index (χ0) is 21.8. The van der Waals surface area contributed by atoms with Crippen LogP contribution in [0.4, 0.5) is 0 Å². The fraction of sp³-hybridized carbons (Fsp3) is 0.391. The summed E-state index contributed by atoms with van der Waals surface area (Å²) in [6.07, 6.45) is 7.39. The minimum atomic E-state index is -3.43. The van der Waals surface area contributed by atoms with E-state index in [2.05, 4.69) is 4.98 Å². The van der Waals surface area contributed by atoms with Crippen molar-refractivity contribution in [3.63, 3.8) is 0 Å². The van der Waals surface area contributed by atoms with Gasteiger partial charge in [0.25, 0.3) is 0 Å². The summed E-state index contributed by atoms with van der Waals surface area (Å²) in [6, 6.07) is 10.7. The molecule has 0 unspecified atom stereocenters. The van der Waals surface area contributed by atoms with Gasteiger partial charge in [0, 0.05) is 31.9 Å². The average molecular weight is 442 g/mol. The van der Waals surface area contributed by atoms with E-state index in [0.29, 0.717) is 30.1 Å². The molecule has 0 spiro atoms. The van der Waals surface area contributed by atoms with E-state index in [1.54, 1.807) is 28.6 Å². The van der Waals surface area contributed by atoms with Crippen molar-refractivity contribution in [3.05, 3.63) is 65.6 Å². The van der Waals surface area contributed by atoms with Gasteiger partial charge in [-0.2, -0.15) is 4.31 Å². The zero-order valence-corrected chi connectivity index (χ0v) is 18.5. The van der Waals surface area contributed by atoms with Crippen LogP contribution in [0.3, 0.4) is 0 Å². The number of hydrogen-bond donors (Lipinski definition) is 0. The first-order valence-corrected chi connectivity index (χ1v) is 12.1. The molecule has 3 heterocycles. The molecule has 1 fully saturated rings. The number of imidazole rings is 1. The second kappa shape index (κ2) is 9.20. The maximum Gasteiger partial charge on any atom is 0.306 e. The van der Waals surface area contributed by atoms with Gasteiger partial charge in [0.15, 0.2) is 0 Å². The van der Waals surface area contributed by atoms with Gasteiger partial charge in [-0.3, -0.25) is 4.79 Å².